The molecule has 5 nitrogen and oxygen atoms in total. The van der Waals surface area contributed by atoms with Gasteiger partial charge in [-0.3, -0.25) is 9.25 Å². The van der Waals surface area contributed by atoms with Crippen LogP contribution >= 0.6 is 42.8 Å². The predicted octanol–water partition coefficient (Wildman–Crippen LogP) is 4.00. The molecule has 98 valence electrons. The lowest BCUT2D eigenvalue weighted by molar-refractivity contribution is 0.218. The summed E-state index contributed by atoms with van der Waals surface area (Å²) in [4.78, 5) is 0. The summed E-state index contributed by atoms with van der Waals surface area (Å²) in [7, 11) is -1.48. The van der Waals surface area contributed by atoms with Gasteiger partial charge in [-0.25, -0.2) is 3.97 Å². The molecule has 0 saturated carbocycles. The second-order valence-electron chi connectivity index (χ2n) is 3.62. The van der Waals surface area contributed by atoms with Gasteiger partial charge in [0.15, 0.2) is 5.03 Å². The summed E-state index contributed by atoms with van der Waals surface area (Å²) in [6.45, 7) is 4.93. The van der Waals surface area contributed by atoms with E-state index < -0.39 is 7.60 Å². The van der Waals surface area contributed by atoms with E-state index in [2.05, 4.69) is 5.10 Å². The van der Waals surface area contributed by atoms with Crippen LogP contribution in [0.15, 0.2) is 5.03 Å². The van der Waals surface area contributed by atoms with Crippen LogP contribution in [0.25, 0.3) is 0 Å². The van der Waals surface area contributed by atoms with E-state index >= 15 is 0 Å². The normalized spacial score (nSPS) is 15.2. The average Bonchev–Trinajstić information content (AvgIpc) is 2.41. The maximum atomic E-state index is 11.8. The van der Waals surface area contributed by atoms with Crippen LogP contribution in [0.2, 0.25) is 10.2 Å². The lowest BCUT2D eigenvalue weighted by Crippen LogP contribution is -2.00. The zero-order chi connectivity index (χ0) is 13.2. The van der Waals surface area contributed by atoms with Crippen LogP contribution in [0.5, 0.6) is 0 Å². The zero-order valence-electron chi connectivity index (χ0n) is 9.81. The van der Waals surface area contributed by atoms with Gasteiger partial charge in [0.2, 0.25) is 0 Å². The van der Waals surface area contributed by atoms with Gasteiger partial charge in [0.05, 0.1) is 18.1 Å². The molecule has 0 radical (unpaired) electrons. The first kappa shape index (κ1) is 15.3. The Morgan fingerprint density at radius 1 is 1.47 bits per heavy atom. The minimum absolute atomic E-state index is 0.186. The first-order valence-corrected chi connectivity index (χ1v) is 8.22. The van der Waals surface area contributed by atoms with Crippen LogP contribution in [0, 0.1) is 0 Å². The third-order valence-electron chi connectivity index (χ3n) is 1.55. The van der Waals surface area contributed by atoms with Gasteiger partial charge < -0.3 is 4.52 Å². The van der Waals surface area contributed by atoms with Crippen LogP contribution in [-0.2, 0) is 20.1 Å². The first-order chi connectivity index (χ1) is 7.73. The van der Waals surface area contributed by atoms with Gasteiger partial charge in [0, 0.05) is 13.7 Å². The summed E-state index contributed by atoms with van der Waals surface area (Å²) in [5, 5.41) is 4.93. The number of aryl methyl sites for hydroxylation is 1. The maximum Gasteiger partial charge on any atom is 0.339 e. The quantitative estimate of drug-likeness (QED) is 0.606. The lowest BCUT2D eigenvalue weighted by Gasteiger charge is -2.14. The molecule has 0 aliphatic carbocycles. The maximum absolute atomic E-state index is 11.8. The molecule has 0 saturated heterocycles. The van der Waals surface area contributed by atoms with Crippen molar-refractivity contribution in [1.82, 2.24) is 9.78 Å². The SMILES string of the molecule is CC(C)OP(C)(=O)OSc1nn(C)c(Cl)c1Cl. The monoisotopic (exact) mass is 318 g/mol. The molecule has 0 amide bonds. The topological polar surface area (TPSA) is 53.4 Å². The summed E-state index contributed by atoms with van der Waals surface area (Å²) in [6, 6.07) is 0. The fraction of sp³-hybridized carbons (Fsp3) is 0.625. The summed E-state index contributed by atoms with van der Waals surface area (Å²) >= 11 is 12.5. The van der Waals surface area contributed by atoms with E-state index in [0.29, 0.717) is 10.2 Å². The Bertz CT molecular complexity index is 452. The Hall–Kier alpha value is 0.290. The van der Waals surface area contributed by atoms with E-state index in [0.717, 1.165) is 12.0 Å². The van der Waals surface area contributed by atoms with E-state index in [-0.39, 0.29) is 11.1 Å². The van der Waals surface area contributed by atoms with Gasteiger partial charge >= 0.3 is 7.60 Å². The minimum Gasteiger partial charge on any atom is -0.305 e. The predicted molar refractivity (Wildman–Crippen MR) is 69.9 cm³/mol. The van der Waals surface area contributed by atoms with Crippen LogP contribution in [0.4, 0.5) is 0 Å². The minimum atomic E-state index is -3.13. The van der Waals surface area contributed by atoms with E-state index in [4.69, 9.17) is 31.7 Å². The van der Waals surface area contributed by atoms with Crippen molar-refractivity contribution < 1.29 is 13.1 Å². The van der Waals surface area contributed by atoms with Crippen molar-refractivity contribution in [3.63, 3.8) is 0 Å². The van der Waals surface area contributed by atoms with Crippen molar-refractivity contribution in [3.05, 3.63) is 10.2 Å². The van der Waals surface area contributed by atoms with Crippen LogP contribution < -0.4 is 0 Å². The molecule has 1 atom stereocenters. The lowest BCUT2D eigenvalue weighted by atomic mass is 10.5. The van der Waals surface area contributed by atoms with Crippen LogP contribution in [-0.4, -0.2) is 22.5 Å². The molecular formula is C8H13Cl2N2O3PS. The van der Waals surface area contributed by atoms with E-state index in [9.17, 15) is 4.57 Å². The highest BCUT2D eigenvalue weighted by atomic mass is 35.5. The molecule has 1 rings (SSSR count). The number of rotatable bonds is 5. The molecule has 0 aliphatic rings. The van der Waals surface area contributed by atoms with Crippen molar-refractivity contribution in [3.8, 4) is 0 Å². The first-order valence-electron chi connectivity index (χ1n) is 4.73. The molecule has 1 aromatic heterocycles. The average molecular weight is 319 g/mol. The molecule has 0 N–H and O–H groups in total. The Morgan fingerprint density at radius 3 is 2.47 bits per heavy atom. The largest absolute Gasteiger partial charge is 0.339 e. The molecule has 0 spiro atoms. The summed E-state index contributed by atoms with van der Waals surface area (Å²) < 4.78 is 23.5. The van der Waals surface area contributed by atoms with Gasteiger partial charge in [-0.1, -0.05) is 23.2 Å². The molecule has 0 fully saturated rings. The summed E-state index contributed by atoms with van der Waals surface area (Å²) in [5.41, 5.74) is 0. The standard InChI is InChI=1S/C8H13Cl2N2O3PS/c1-5(2)14-16(4,13)15-17-8-6(9)7(10)12(3)11-8/h5H,1-4H3. The number of hydrogen-bond acceptors (Lipinski definition) is 5. The molecule has 0 aromatic carbocycles. The van der Waals surface area contributed by atoms with E-state index in [1.165, 1.54) is 11.3 Å². The van der Waals surface area contributed by atoms with Gasteiger partial charge in [-0.05, 0) is 13.8 Å². The van der Waals surface area contributed by atoms with Gasteiger partial charge in [0.1, 0.15) is 10.2 Å². The van der Waals surface area contributed by atoms with Crippen LogP contribution in [0.3, 0.4) is 0 Å². The Balaban J connectivity index is 2.67. The number of hydrogen-bond donors (Lipinski definition) is 0. The van der Waals surface area contributed by atoms with Crippen molar-refractivity contribution in [2.24, 2.45) is 7.05 Å². The fourth-order valence-electron chi connectivity index (χ4n) is 1.01. The summed E-state index contributed by atoms with van der Waals surface area (Å²) in [5.74, 6) is 0. The van der Waals surface area contributed by atoms with Crippen molar-refractivity contribution >= 4 is 42.8 Å². The van der Waals surface area contributed by atoms with Crippen molar-refractivity contribution in [2.75, 3.05) is 6.66 Å². The van der Waals surface area contributed by atoms with E-state index in [1.54, 1.807) is 20.9 Å². The Kier molecular flexibility index (Phi) is 5.38. The molecular weight excluding hydrogens is 306 g/mol. The molecule has 9 heteroatoms. The molecule has 1 unspecified atom stereocenters. The zero-order valence-corrected chi connectivity index (χ0v) is 13.0. The third-order valence-corrected chi connectivity index (χ3v) is 5.18. The highest BCUT2D eigenvalue weighted by Gasteiger charge is 2.23. The van der Waals surface area contributed by atoms with Crippen molar-refractivity contribution in [1.29, 1.82) is 0 Å². The fourth-order valence-corrected chi connectivity index (χ4v) is 3.51. The number of nitrogens with zero attached hydrogens (tertiary/aromatic N) is 2. The van der Waals surface area contributed by atoms with Crippen LogP contribution in [0.1, 0.15) is 13.8 Å². The highest BCUT2D eigenvalue weighted by molar-refractivity contribution is 7.98. The highest BCUT2D eigenvalue weighted by Crippen LogP contribution is 2.51. The molecule has 0 bridgehead atoms. The second kappa shape index (κ2) is 5.95. The molecule has 1 heterocycles. The van der Waals surface area contributed by atoms with Crippen molar-refractivity contribution in [2.45, 2.75) is 25.0 Å². The van der Waals surface area contributed by atoms with Gasteiger partial charge in [0.25, 0.3) is 0 Å². The molecule has 1 aromatic rings. The Labute approximate surface area is 114 Å². The summed E-state index contributed by atoms with van der Waals surface area (Å²) in [6.07, 6.45) is -0.186. The van der Waals surface area contributed by atoms with Gasteiger partial charge in [-0.2, -0.15) is 5.10 Å². The second-order valence-corrected chi connectivity index (χ2v) is 7.26. The number of aromatic nitrogens is 2. The smallest absolute Gasteiger partial charge is 0.305 e. The van der Waals surface area contributed by atoms with E-state index in [1.807, 2.05) is 0 Å². The number of halogens is 2. The third kappa shape index (κ3) is 4.47. The van der Waals surface area contributed by atoms with Gasteiger partial charge in [-0.15, -0.1) is 0 Å². The molecule has 17 heavy (non-hydrogen) atoms. The molecule has 0 aliphatic heterocycles. The Morgan fingerprint density at radius 2 is 2.06 bits per heavy atom.